The smallest absolute Gasteiger partial charge is 0.295 e. The van der Waals surface area contributed by atoms with E-state index >= 15 is 0 Å². The molecule has 30 heavy (non-hydrogen) atoms. The number of aliphatic hydroxyl groups is 2. The molecule has 1 atom stereocenters. The lowest BCUT2D eigenvalue weighted by atomic mass is 9.95. The van der Waals surface area contributed by atoms with Gasteiger partial charge in [-0.25, -0.2) is 4.39 Å². The van der Waals surface area contributed by atoms with Gasteiger partial charge in [-0.15, -0.1) is 0 Å². The first-order chi connectivity index (χ1) is 14.5. The van der Waals surface area contributed by atoms with E-state index in [-0.39, 0.29) is 30.9 Å². The molecule has 0 aliphatic carbocycles. The summed E-state index contributed by atoms with van der Waals surface area (Å²) in [4.78, 5) is 26.7. The summed E-state index contributed by atoms with van der Waals surface area (Å²) in [6, 6.07) is 10.9. The second kappa shape index (κ2) is 9.37. The zero-order chi connectivity index (χ0) is 21.7. The number of Topliss-reactive ketones (excluding diaryl/α,β-unsaturated/α-hetero) is 1. The molecule has 1 fully saturated rings. The molecule has 2 aromatic rings. The van der Waals surface area contributed by atoms with Crippen molar-refractivity contribution in [2.75, 3.05) is 19.8 Å². The maximum Gasteiger partial charge on any atom is 0.295 e. The minimum atomic E-state index is -0.881. The molecule has 0 aromatic heterocycles. The molecule has 0 bridgehead atoms. The Morgan fingerprint density at radius 2 is 1.80 bits per heavy atom. The first-order valence-electron chi connectivity index (χ1n) is 9.46. The van der Waals surface area contributed by atoms with E-state index in [1.807, 2.05) is 0 Å². The molecule has 156 valence electrons. The summed E-state index contributed by atoms with van der Waals surface area (Å²) in [5.74, 6) is -1.83. The molecule has 0 radical (unpaired) electrons. The van der Waals surface area contributed by atoms with E-state index in [2.05, 4.69) is 6.58 Å². The average molecular weight is 411 g/mol. The number of aliphatic hydroxyl groups excluding tert-OH is 2. The Morgan fingerprint density at radius 1 is 1.13 bits per heavy atom. The molecule has 1 unspecified atom stereocenters. The van der Waals surface area contributed by atoms with Gasteiger partial charge in [-0.1, -0.05) is 24.8 Å². The molecule has 3 rings (SSSR count). The van der Waals surface area contributed by atoms with Gasteiger partial charge in [0, 0.05) is 18.7 Å². The van der Waals surface area contributed by atoms with Gasteiger partial charge in [-0.2, -0.15) is 0 Å². The molecule has 0 saturated carbocycles. The predicted octanol–water partition coefficient (Wildman–Crippen LogP) is 3.19. The molecule has 0 spiro atoms. The van der Waals surface area contributed by atoms with E-state index in [9.17, 15) is 19.1 Å². The Bertz CT molecular complexity index is 966. The van der Waals surface area contributed by atoms with E-state index in [4.69, 9.17) is 9.84 Å². The van der Waals surface area contributed by atoms with Crippen LogP contribution in [0.3, 0.4) is 0 Å². The second-order valence-electron chi connectivity index (χ2n) is 6.75. The molecule has 1 aliphatic rings. The highest BCUT2D eigenvalue weighted by atomic mass is 19.1. The number of likely N-dealkylation sites (tertiary alicyclic amines) is 1. The predicted molar refractivity (Wildman–Crippen MR) is 109 cm³/mol. The first-order valence-corrected chi connectivity index (χ1v) is 9.46. The fourth-order valence-corrected chi connectivity index (χ4v) is 3.36. The summed E-state index contributed by atoms with van der Waals surface area (Å²) in [5, 5.41) is 20.1. The van der Waals surface area contributed by atoms with E-state index < -0.39 is 23.5 Å². The Labute approximate surface area is 173 Å². The van der Waals surface area contributed by atoms with Crippen LogP contribution in [0.4, 0.5) is 4.39 Å². The summed E-state index contributed by atoms with van der Waals surface area (Å²) in [6.07, 6.45) is 1.87. The zero-order valence-corrected chi connectivity index (χ0v) is 16.3. The van der Waals surface area contributed by atoms with Crippen molar-refractivity contribution >= 4 is 17.4 Å². The monoisotopic (exact) mass is 411 g/mol. The largest absolute Gasteiger partial charge is 0.507 e. The van der Waals surface area contributed by atoms with Gasteiger partial charge in [-0.05, 0) is 48.4 Å². The number of ketones is 1. The topological polar surface area (TPSA) is 87.1 Å². The van der Waals surface area contributed by atoms with Crippen LogP contribution in [0.25, 0.3) is 5.76 Å². The van der Waals surface area contributed by atoms with E-state index in [0.717, 1.165) is 0 Å². The highest BCUT2D eigenvalue weighted by molar-refractivity contribution is 6.46. The molecule has 1 aliphatic heterocycles. The molecule has 7 heteroatoms. The average Bonchev–Trinajstić information content (AvgIpc) is 3.01. The van der Waals surface area contributed by atoms with Crippen molar-refractivity contribution in [3.05, 3.63) is 83.7 Å². The standard InChI is InChI=1S/C23H22FNO5/c1-2-14-30-18-10-6-16(7-11-18)21(27)19-20(15-4-8-17(24)9-5-15)25(12-3-13-26)23(29)22(19)28/h2,4-11,20,26-27H,1,3,12-14H2. The van der Waals surface area contributed by atoms with Crippen LogP contribution in [-0.2, 0) is 9.59 Å². The van der Waals surface area contributed by atoms with Crippen LogP contribution >= 0.6 is 0 Å². The third-order valence-corrected chi connectivity index (χ3v) is 4.78. The van der Waals surface area contributed by atoms with Crippen LogP contribution in [0.15, 0.2) is 66.8 Å². The maximum absolute atomic E-state index is 13.4. The number of ether oxygens (including phenoxy) is 1. The minimum Gasteiger partial charge on any atom is -0.507 e. The van der Waals surface area contributed by atoms with Gasteiger partial charge in [0.1, 0.15) is 23.9 Å². The number of hydrogen-bond acceptors (Lipinski definition) is 5. The maximum atomic E-state index is 13.4. The Kier molecular flexibility index (Phi) is 6.64. The van der Waals surface area contributed by atoms with Crippen LogP contribution in [0.2, 0.25) is 0 Å². The lowest BCUT2D eigenvalue weighted by molar-refractivity contribution is -0.140. The third kappa shape index (κ3) is 4.26. The fourth-order valence-electron chi connectivity index (χ4n) is 3.36. The molecule has 2 aromatic carbocycles. The Balaban J connectivity index is 2.05. The number of benzene rings is 2. The number of carbonyl (C=O) groups is 2. The van der Waals surface area contributed by atoms with Crippen molar-refractivity contribution in [2.24, 2.45) is 0 Å². The SMILES string of the molecule is C=CCOc1ccc(C(O)=C2C(=O)C(=O)N(CCCO)C2c2ccc(F)cc2)cc1. The normalized spacial score (nSPS) is 17.9. The van der Waals surface area contributed by atoms with Crippen molar-refractivity contribution in [2.45, 2.75) is 12.5 Å². The minimum absolute atomic E-state index is 0.0793. The van der Waals surface area contributed by atoms with Crippen molar-refractivity contribution in [3.63, 3.8) is 0 Å². The van der Waals surface area contributed by atoms with Crippen molar-refractivity contribution < 1.29 is 28.9 Å². The van der Waals surface area contributed by atoms with Gasteiger partial charge in [0.25, 0.3) is 11.7 Å². The summed E-state index contributed by atoms with van der Waals surface area (Å²) >= 11 is 0. The number of amides is 1. The molecular formula is C23H22FNO5. The quantitative estimate of drug-likeness (QED) is 0.302. The van der Waals surface area contributed by atoms with Crippen molar-refractivity contribution in [3.8, 4) is 5.75 Å². The van der Waals surface area contributed by atoms with Gasteiger partial charge in [0.05, 0.1) is 11.6 Å². The zero-order valence-electron chi connectivity index (χ0n) is 16.3. The molecule has 1 saturated heterocycles. The van der Waals surface area contributed by atoms with Gasteiger partial charge < -0.3 is 19.8 Å². The van der Waals surface area contributed by atoms with Crippen LogP contribution in [0, 0.1) is 5.82 Å². The Morgan fingerprint density at radius 3 is 2.40 bits per heavy atom. The number of rotatable bonds is 8. The molecule has 1 heterocycles. The lowest BCUT2D eigenvalue weighted by Crippen LogP contribution is -2.31. The number of hydrogen-bond donors (Lipinski definition) is 2. The van der Waals surface area contributed by atoms with Gasteiger partial charge >= 0.3 is 0 Å². The highest BCUT2D eigenvalue weighted by Crippen LogP contribution is 2.39. The van der Waals surface area contributed by atoms with Crippen LogP contribution in [0.1, 0.15) is 23.6 Å². The second-order valence-corrected chi connectivity index (χ2v) is 6.75. The molecule has 6 nitrogen and oxygen atoms in total. The summed E-state index contributed by atoms with van der Waals surface area (Å²) < 4.78 is 18.8. The number of nitrogens with zero attached hydrogens (tertiary/aromatic N) is 1. The summed E-state index contributed by atoms with van der Waals surface area (Å²) in [6.45, 7) is 3.86. The summed E-state index contributed by atoms with van der Waals surface area (Å²) in [7, 11) is 0. The summed E-state index contributed by atoms with van der Waals surface area (Å²) in [5.41, 5.74) is 0.749. The van der Waals surface area contributed by atoms with E-state index in [1.54, 1.807) is 30.3 Å². The molecule has 1 amide bonds. The van der Waals surface area contributed by atoms with E-state index in [1.165, 1.54) is 29.2 Å². The van der Waals surface area contributed by atoms with Gasteiger partial charge in [0.2, 0.25) is 0 Å². The third-order valence-electron chi connectivity index (χ3n) is 4.78. The molecule has 2 N–H and O–H groups in total. The molecular weight excluding hydrogens is 389 g/mol. The van der Waals surface area contributed by atoms with Crippen molar-refractivity contribution in [1.29, 1.82) is 0 Å². The van der Waals surface area contributed by atoms with Crippen LogP contribution < -0.4 is 4.74 Å². The Hall–Kier alpha value is -3.45. The van der Waals surface area contributed by atoms with Crippen LogP contribution in [0.5, 0.6) is 5.75 Å². The van der Waals surface area contributed by atoms with Gasteiger partial charge in [0.15, 0.2) is 0 Å². The van der Waals surface area contributed by atoms with Crippen LogP contribution in [-0.4, -0.2) is 46.6 Å². The number of halogens is 1. The van der Waals surface area contributed by atoms with Crippen molar-refractivity contribution in [1.82, 2.24) is 4.90 Å². The van der Waals surface area contributed by atoms with E-state index in [0.29, 0.717) is 23.5 Å². The lowest BCUT2D eigenvalue weighted by Gasteiger charge is -2.25. The number of carbonyl (C=O) groups excluding carboxylic acids is 2. The van der Waals surface area contributed by atoms with Gasteiger partial charge in [-0.3, -0.25) is 9.59 Å². The fraction of sp³-hybridized carbons (Fsp3) is 0.217. The highest BCUT2D eigenvalue weighted by Gasteiger charge is 2.45. The first kappa shape index (κ1) is 21.3.